The maximum Gasteiger partial charge on any atom is 0.137 e. The van der Waals surface area contributed by atoms with E-state index in [1.54, 1.807) is 12.1 Å². The van der Waals surface area contributed by atoms with Crippen LogP contribution in [0.5, 0.6) is 5.75 Å². The molecule has 0 aromatic heterocycles. The fraction of sp³-hybridized carbons (Fsp3) is 0.294. The second-order valence-electron chi connectivity index (χ2n) is 5.13. The second kappa shape index (κ2) is 7.05. The van der Waals surface area contributed by atoms with E-state index in [0.717, 1.165) is 16.9 Å². The summed E-state index contributed by atoms with van der Waals surface area (Å²) in [5.41, 5.74) is 2.07. The van der Waals surface area contributed by atoms with Gasteiger partial charge in [0.1, 0.15) is 11.6 Å². The largest absolute Gasteiger partial charge is 0.491 e. The van der Waals surface area contributed by atoms with E-state index in [1.165, 1.54) is 6.07 Å². The molecule has 0 aliphatic rings. The predicted molar refractivity (Wildman–Crippen MR) is 87.2 cm³/mol. The number of ether oxygens (including phenoxy) is 1. The molecule has 0 heterocycles. The molecule has 0 bridgehead atoms. The van der Waals surface area contributed by atoms with Crippen molar-refractivity contribution in [3.8, 4) is 5.75 Å². The Balaban J connectivity index is 2.34. The number of benzene rings is 2. The second-order valence-corrected chi connectivity index (χ2v) is 5.99. The summed E-state index contributed by atoms with van der Waals surface area (Å²) in [6, 6.07) is 13.0. The molecular formula is C17H19BrFNO. The lowest BCUT2D eigenvalue weighted by Crippen LogP contribution is -2.18. The Kier molecular flexibility index (Phi) is 5.37. The van der Waals surface area contributed by atoms with E-state index < -0.39 is 0 Å². The van der Waals surface area contributed by atoms with Crippen LogP contribution in [0.15, 0.2) is 46.9 Å². The fourth-order valence-electron chi connectivity index (χ4n) is 2.26. The molecule has 21 heavy (non-hydrogen) atoms. The number of hydrogen-bond donors (Lipinski definition) is 1. The molecule has 112 valence electrons. The Morgan fingerprint density at radius 3 is 2.43 bits per heavy atom. The number of rotatable bonds is 5. The molecule has 2 rings (SSSR count). The third-order valence-corrected chi connectivity index (χ3v) is 3.74. The highest BCUT2D eigenvalue weighted by Gasteiger charge is 2.14. The van der Waals surface area contributed by atoms with E-state index in [1.807, 2.05) is 45.2 Å². The number of hydrogen-bond acceptors (Lipinski definition) is 2. The SMILES string of the molecule is CNC(c1cccc(OC(C)C)c1)c1ccc(F)c(Br)c1. The summed E-state index contributed by atoms with van der Waals surface area (Å²) < 4.78 is 19.6. The predicted octanol–water partition coefficient (Wildman–Crippen LogP) is 4.68. The molecule has 0 saturated carbocycles. The van der Waals surface area contributed by atoms with Crippen molar-refractivity contribution in [2.45, 2.75) is 26.0 Å². The monoisotopic (exact) mass is 351 g/mol. The molecule has 1 unspecified atom stereocenters. The standard InChI is InChI=1S/C17H19BrFNO/c1-11(2)21-14-6-4-5-12(9-14)17(20-3)13-7-8-16(19)15(18)10-13/h4-11,17,20H,1-3H3. The van der Waals surface area contributed by atoms with Crippen molar-refractivity contribution >= 4 is 15.9 Å². The average molecular weight is 352 g/mol. The van der Waals surface area contributed by atoms with Crippen LogP contribution >= 0.6 is 15.9 Å². The summed E-state index contributed by atoms with van der Waals surface area (Å²) >= 11 is 3.24. The smallest absolute Gasteiger partial charge is 0.137 e. The van der Waals surface area contributed by atoms with Gasteiger partial charge in [-0.15, -0.1) is 0 Å². The minimum Gasteiger partial charge on any atom is -0.491 e. The Morgan fingerprint density at radius 2 is 1.81 bits per heavy atom. The molecule has 0 amide bonds. The van der Waals surface area contributed by atoms with Gasteiger partial charge in [0.15, 0.2) is 0 Å². The van der Waals surface area contributed by atoms with E-state index in [-0.39, 0.29) is 18.0 Å². The van der Waals surface area contributed by atoms with Crippen LogP contribution in [0.4, 0.5) is 4.39 Å². The van der Waals surface area contributed by atoms with Crippen molar-refractivity contribution in [2.75, 3.05) is 7.05 Å². The van der Waals surface area contributed by atoms with Gasteiger partial charge in [0, 0.05) is 0 Å². The lowest BCUT2D eigenvalue weighted by atomic mass is 9.98. The van der Waals surface area contributed by atoms with Gasteiger partial charge in [0.25, 0.3) is 0 Å². The first kappa shape index (κ1) is 16.0. The van der Waals surface area contributed by atoms with Crippen LogP contribution in [0.1, 0.15) is 31.0 Å². The van der Waals surface area contributed by atoms with Crippen molar-refractivity contribution in [3.63, 3.8) is 0 Å². The van der Waals surface area contributed by atoms with E-state index in [9.17, 15) is 4.39 Å². The molecule has 0 aliphatic carbocycles. The van der Waals surface area contributed by atoms with Gasteiger partial charge in [0.2, 0.25) is 0 Å². The molecule has 4 heteroatoms. The van der Waals surface area contributed by atoms with Crippen LogP contribution < -0.4 is 10.1 Å². The molecule has 2 nitrogen and oxygen atoms in total. The first-order chi connectivity index (χ1) is 10.0. The molecule has 0 radical (unpaired) electrons. The Labute approximate surface area is 133 Å². The lowest BCUT2D eigenvalue weighted by Gasteiger charge is -2.19. The third-order valence-electron chi connectivity index (χ3n) is 3.13. The summed E-state index contributed by atoms with van der Waals surface area (Å²) in [7, 11) is 1.89. The first-order valence-electron chi connectivity index (χ1n) is 6.90. The summed E-state index contributed by atoms with van der Waals surface area (Å²) in [5.74, 6) is 0.578. The fourth-order valence-corrected chi connectivity index (χ4v) is 2.65. The van der Waals surface area contributed by atoms with Crippen LogP contribution in [0.25, 0.3) is 0 Å². The zero-order valence-corrected chi connectivity index (χ0v) is 13.9. The Bertz CT molecular complexity index is 615. The maximum atomic E-state index is 13.4. The first-order valence-corrected chi connectivity index (χ1v) is 7.69. The van der Waals surface area contributed by atoms with Gasteiger partial charge in [-0.3, -0.25) is 0 Å². The summed E-state index contributed by atoms with van der Waals surface area (Å²) in [6.45, 7) is 4.00. The van der Waals surface area contributed by atoms with E-state index >= 15 is 0 Å². The van der Waals surface area contributed by atoms with E-state index in [2.05, 4.69) is 21.2 Å². The van der Waals surface area contributed by atoms with E-state index in [0.29, 0.717) is 4.47 Å². The molecule has 0 spiro atoms. The van der Waals surface area contributed by atoms with Crippen LogP contribution in [0.3, 0.4) is 0 Å². The summed E-state index contributed by atoms with van der Waals surface area (Å²) in [4.78, 5) is 0. The number of nitrogens with one attached hydrogen (secondary N) is 1. The maximum absolute atomic E-state index is 13.4. The van der Waals surface area contributed by atoms with Gasteiger partial charge < -0.3 is 10.1 Å². The van der Waals surface area contributed by atoms with Crippen LogP contribution in [-0.4, -0.2) is 13.2 Å². The average Bonchev–Trinajstić information content (AvgIpc) is 2.43. The van der Waals surface area contributed by atoms with E-state index in [4.69, 9.17) is 4.74 Å². The Morgan fingerprint density at radius 1 is 1.10 bits per heavy atom. The highest BCUT2D eigenvalue weighted by molar-refractivity contribution is 9.10. The lowest BCUT2D eigenvalue weighted by molar-refractivity contribution is 0.242. The minimum absolute atomic E-state index is 0.0161. The topological polar surface area (TPSA) is 21.3 Å². The molecular weight excluding hydrogens is 333 g/mol. The van der Waals surface area contributed by atoms with Crippen molar-refractivity contribution < 1.29 is 9.13 Å². The van der Waals surface area contributed by atoms with Gasteiger partial charge in [0.05, 0.1) is 16.6 Å². The minimum atomic E-state index is -0.259. The van der Waals surface area contributed by atoms with Crippen LogP contribution in [-0.2, 0) is 0 Å². The van der Waals surface area contributed by atoms with Crippen molar-refractivity contribution in [3.05, 3.63) is 63.9 Å². The molecule has 0 fully saturated rings. The molecule has 2 aromatic carbocycles. The van der Waals surface area contributed by atoms with Crippen LogP contribution in [0.2, 0.25) is 0 Å². The summed E-state index contributed by atoms with van der Waals surface area (Å²) in [5, 5.41) is 3.26. The van der Waals surface area contributed by atoms with Gasteiger partial charge in [-0.05, 0) is 72.2 Å². The van der Waals surface area contributed by atoms with Crippen molar-refractivity contribution in [1.29, 1.82) is 0 Å². The molecule has 0 saturated heterocycles. The van der Waals surface area contributed by atoms with Crippen LogP contribution in [0, 0.1) is 5.82 Å². The summed E-state index contributed by atoms with van der Waals surface area (Å²) in [6.07, 6.45) is 0.133. The normalized spacial score (nSPS) is 12.5. The van der Waals surface area contributed by atoms with Crippen molar-refractivity contribution in [1.82, 2.24) is 5.32 Å². The van der Waals surface area contributed by atoms with Gasteiger partial charge >= 0.3 is 0 Å². The zero-order valence-electron chi connectivity index (χ0n) is 12.4. The third kappa shape index (κ3) is 4.05. The van der Waals surface area contributed by atoms with Gasteiger partial charge in [-0.25, -0.2) is 4.39 Å². The molecule has 1 N–H and O–H groups in total. The molecule has 0 aliphatic heterocycles. The van der Waals surface area contributed by atoms with Crippen molar-refractivity contribution in [2.24, 2.45) is 0 Å². The molecule has 1 atom stereocenters. The van der Waals surface area contributed by atoms with Gasteiger partial charge in [-0.1, -0.05) is 18.2 Å². The number of halogens is 2. The quantitative estimate of drug-likeness (QED) is 0.843. The zero-order chi connectivity index (χ0) is 15.4. The highest BCUT2D eigenvalue weighted by atomic mass is 79.9. The highest BCUT2D eigenvalue weighted by Crippen LogP contribution is 2.28. The molecule has 2 aromatic rings. The van der Waals surface area contributed by atoms with Gasteiger partial charge in [-0.2, -0.15) is 0 Å². The Hall–Kier alpha value is -1.39.